The molecule has 7 heteroatoms. The zero-order chi connectivity index (χ0) is 16.5. The van der Waals surface area contributed by atoms with Crippen LogP contribution >= 0.6 is 11.3 Å². The van der Waals surface area contributed by atoms with Crippen molar-refractivity contribution in [2.75, 3.05) is 18.5 Å². The van der Waals surface area contributed by atoms with Crippen LogP contribution in [0.3, 0.4) is 0 Å². The molecule has 6 nitrogen and oxygen atoms in total. The minimum atomic E-state index is -0.332. The van der Waals surface area contributed by atoms with E-state index in [4.69, 9.17) is 9.47 Å². The van der Waals surface area contributed by atoms with Crippen LogP contribution in [0.5, 0.6) is 0 Å². The Morgan fingerprint density at radius 1 is 1.26 bits per heavy atom. The number of carbonyl (C=O) groups excluding carboxylic acids is 2. The van der Waals surface area contributed by atoms with E-state index in [0.717, 1.165) is 5.56 Å². The number of esters is 1. The van der Waals surface area contributed by atoms with Gasteiger partial charge >= 0.3 is 5.97 Å². The van der Waals surface area contributed by atoms with Gasteiger partial charge in [-0.15, -0.1) is 11.3 Å². The van der Waals surface area contributed by atoms with Crippen LogP contribution in [0.1, 0.15) is 18.2 Å². The summed E-state index contributed by atoms with van der Waals surface area (Å²) in [5.74, 6) is -0.611. The van der Waals surface area contributed by atoms with Gasteiger partial charge in [0.2, 0.25) is 0 Å². The first-order valence-electron chi connectivity index (χ1n) is 7.19. The molecular weight excluding hydrogens is 316 g/mol. The molecule has 1 aromatic carbocycles. The molecule has 0 aliphatic rings. The molecule has 0 spiro atoms. The van der Waals surface area contributed by atoms with E-state index in [1.54, 1.807) is 12.3 Å². The fraction of sp³-hybridized carbons (Fsp3) is 0.312. The largest absolute Gasteiger partial charge is 0.466 e. The Balaban J connectivity index is 1.73. The average molecular weight is 334 g/mol. The summed E-state index contributed by atoms with van der Waals surface area (Å²) in [4.78, 5) is 27.3. The van der Waals surface area contributed by atoms with Crippen LogP contribution < -0.4 is 5.32 Å². The number of hydrogen-bond donors (Lipinski definition) is 1. The predicted octanol–water partition coefficient (Wildman–Crippen LogP) is 2.40. The molecule has 2 aromatic rings. The summed E-state index contributed by atoms with van der Waals surface area (Å²) in [7, 11) is 0. The van der Waals surface area contributed by atoms with Crippen LogP contribution in [0.25, 0.3) is 0 Å². The molecule has 1 amide bonds. The van der Waals surface area contributed by atoms with Crippen LogP contribution in [0, 0.1) is 0 Å². The standard InChI is InChI=1S/C16H18N2O4S/c1-2-22-15(20)8-13-11-23-16(17-13)18-14(19)10-21-9-12-6-4-3-5-7-12/h3-7,11H,2,8-10H2,1H3,(H,17,18,19). The van der Waals surface area contributed by atoms with Gasteiger partial charge in [-0.1, -0.05) is 30.3 Å². The molecule has 0 unspecified atom stereocenters. The monoisotopic (exact) mass is 334 g/mol. The van der Waals surface area contributed by atoms with Gasteiger partial charge < -0.3 is 9.47 Å². The lowest BCUT2D eigenvalue weighted by Crippen LogP contribution is -2.18. The Hall–Kier alpha value is -2.25. The van der Waals surface area contributed by atoms with Gasteiger partial charge in [0.15, 0.2) is 5.13 Å². The highest BCUT2D eigenvalue weighted by atomic mass is 32.1. The van der Waals surface area contributed by atoms with E-state index in [1.165, 1.54) is 11.3 Å². The lowest BCUT2D eigenvalue weighted by molar-refractivity contribution is -0.142. The molecule has 0 bridgehead atoms. The highest BCUT2D eigenvalue weighted by Crippen LogP contribution is 2.16. The minimum Gasteiger partial charge on any atom is -0.466 e. The molecule has 0 saturated heterocycles. The third-order valence-corrected chi connectivity index (χ3v) is 3.58. The number of nitrogens with one attached hydrogen (secondary N) is 1. The SMILES string of the molecule is CCOC(=O)Cc1csc(NC(=O)COCc2ccccc2)n1. The Morgan fingerprint density at radius 3 is 2.78 bits per heavy atom. The summed E-state index contributed by atoms with van der Waals surface area (Å²) in [6.07, 6.45) is 0.102. The molecule has 1 aromatic heterocycles. The average Bonchev–Trinajstić information content (AvgIpc) is 2.95. The second-order valence-corrected chi connectivity index (χ2v) is 5.51. The second kappa shape index (κ2) is 9.02. The Morgan fingerprint density at radius 2 is 2.04 bits per heavy atom. The van der Waals surface area contributed by atoms with Crippen LogP contribution in [-0.2, 0) is 32.1 Å². The van der Waals surface area contributed by atoms with Crippen molar-refractivity contribution in [2.45, 2.75) is 20.0 Å². The highest BCUT2D eigenvalue weighted by Gasteiger charge is 2.10. The van der Waals surface area contributed by atoms with E-state index in [9.17, 15) is 9.59 Å². The van der Waals surface area contributed by atoms with Gasteiger partial charge in [-0.25, -0.2) is 4.98 Å². The van der Waals surface area contributed by atoms with Gasteiger partial charge in [0.1, 0.15) is 6.61 Å². The van der Waals surface area contributed by atoms with Crippen molar-refractivity contribution in [1.29, 1.82) is 0 Å². The van der Waals surface area contributed by atoms with E-state index < -0.39 is 0 Å². The van der Waals surface area contributed by atoms with E-state index in [-0.39, 0.29) is 24.9 Å². The maximum Gasteiger partial charge on any atom is 0.311 e. The zero-order valence-electron chi connectivity index (χ0n) is 12.8. The third-order valence-electron chi connectivity index (χ3n) is 2.77. The van der Waals surface area contributed by atoms with E-state index >= 15 is 0 Å². The van der Waals surface area contributed by atoms with Crippen molar-refractivity contribution in [3.05, 3.63) is 47.0 Å². The lowest BCUT2D eigenvalue weighted by atomic mass is 10.2. The first-order chi connectivity index (χ1) is 11.2. The summed E-state index contributed by atoms with van der Waals surface area (Å²) in [6, 6.07) is 9.62. The second-order valence-electron chi connectivity index (χ2n) is 4.65. The van der Waals surface area contributed by atoms with Crippen molar-refractivity contribution >= 4 is 28.3 Å². The number of ether oxygens (including phenoxy) is 2. The summed E-state index contributed by atoms with van der Waals surface area (Å²) < 4.78 is 10.2. The quantitative estimate of drug-likeness (QED) is 0.750. The summed E-state index contributed by atoms with van der Waals surface area (Å²) in [6.45, 7) is 2.41. The van der Waals surface area contributed by atoms with Crippen molar-refractivity contribution in [1.82, 2.24) is 4.98 Å². The molecule has 122 valence electrons. The summed E-state index contributed by atoms with van der Waals surface area (Å²) in [5.41, 5.74) is 1.58. The molecule has 1 heterocycles. The third kappa shape index (κ3) is 6.17. The smallest absolute Gasteiger partial charge is 0.311 e. The minimum absolute atomic E-state index is 0.0539. The number of hydrogen-bond acceptors (Lipinski definition) is 6. The van der Waals surface area contributed by atoms with E-state index in [1.807, 2.05) is 30.3 Å². The fourth-order valence-electron chi connectivity index (χ4n) is 1.80. The summed E-state index contributed by atoms with van der Waals surface area (Å²) >= 11 is 1.26. The number of amides is 1. The molecule has 1 N–H and O–H groups in total. The number of rotatable bonds is 8. The first-order valence-corrected chi connectivity index (χ1v) is 8.07. The van der Waals surface area contributed by atoms with Gasteiger partial charge in [-0.2, -0.15) is 0 Å². The molecule has 0 saturated carbocycles. The van der Waals surface area contributed by atoms with Gasteiger partial charge in [-0.05, 0) is 12.5 Å². The van der Waals surface area contributed by atoms with Crippen LogP contribution in [-0.4, -0.2) is 30.1 Å². The Kier molecular flexibility index (Phi) is 6.71. The van der Waals surface area contributed by atoms with Crippen molar-refractivity contribution in [3.8, 4) is 0 Å². The topological polar surface area (TPSA) is 77.5 Å². The molecule has 23 heavy (non-hydrogen) atoms. The fourth-order valence-corrected chi connectivity index (χ4v) is 2.52. The highest BCUT2D eigenvalue weighted by molar-refractivity contribution is 7.13. The number of benzene rings is 1. The van der Waals surface area contributed by atoms with Gasteiger partial charge in [0, 0.05) is 5.38 Å². The molecule has 2 rings (SSSR count). The molecule has 0 aliphatic carbocycles. The van der Waals surface area contributed by atoms with Crippen LogP contribution in [0.15, 0.2) is 35.7 Å². The van der Waals surface area contributed by atoms with Gasteiger partial charge in [0.05, 0.1) is 25.3 Å². The van der Waals surface area contributed by atoms with Crippen molar-refractivity contribution in [2.24, 2.45) is 0 Å². The first kappa shape index (κ1) is 17.1. The van der Waals surface area contributed by atoms with Crippen molar-refractivity contribution < 1.29 is 19.1 Å². The van der Waals surface area contributed by atoms with E-state index in [0.29, 0.717) is 24.0 Å². The van der Waals surface area contributed by atoms with Crippen LogP contribution in [0.2, 0.25) is 0 Å². The number of anilines is 1. The molecular formula is C16H18N2O4S. The number of nitrogens with zero attached hydrogens (tertiary/aromatic N) is 1. The maximum atomic E-state index is 11.8. The van der Waals surface area contributed by atoms with Gasteiger partial charge in [-0.3, -0.25) is 14.9 Å². The number of carbonyl (C=O) groups is 2. The molecule has 0 radical (unpaired) electrons. The van der Waals surface area contributed by atoms with E-state index in [2.05, 4.69) is 10.3 Å². The zero-order valence-corrected chi connectivity index (χ0v) is 13.6. The lowest BCUT2D eigenvalue weighted by Gasteiger charge is -2.04. The maximum absolute atomic E-state index is 11.8. The molecule has 0 aliphatic heterocycles. The van der Waals surface area contributed by atoms with Crippen LogP contribution in [0.4, 0.5) is 5.13 Å². The van der Waals surface area contributed by atoms with Crippen molar-refractivity contribution in [3.63, 3.8) is 0 Å². The normalized spacial score (nSPS) is 10.3. The Bertz CT molecular complexity index is 643. The van der Waals surface area contributed by atoms with Gasteiger partial charge in [0.25, 0.3) is 5.91 Å². The predicted molar refractivity (Wildman–Crippen MR) is 87.2 cm³/mol. The number of aromatic nitrogens is 1. The Labute approximate surface area is 138 Å². The molecule has 0 atom stereocenters. The molecule has 0 fully saturated rings. The number of thiazole rings is 1. The summed E-state index contributed by atoms with van der Waals surface area (Å²) in [5, 5.41) is 4.81.